The second-order valence-corrected chi connectivity index (χ2v) is 9.75. The Morgan fingerprint density at radius 2 is 1.95 bits per heavy atom. The number of aromatic nitrogens is 1. The minimum absolute atomic E-state index is 0.0347. The Bertz CT molecular complexity index is 1400. The van der Waals surface area contributed by atoms with E-state index < -0.39 is 23.0 Å². The molecule has 1 aliphatic carbocycles. The molecule has 1 saturated heterocycles. The molecule has 5 rings (SSSR count). The quantitative estimate of drug-likeness (QED) is 0.302. The van der Waals surface area contributed by atoms with Gasteiger partial charge >= 0.3 is 5.97 Å². The molecular formula is C29H30F2N2O4. The molecule has 2 fully saturated rings. The van der Waals surface area contributed by atoms with Gasteiger partial charge in [-0.15, -0.1) is 0 Å². The number of piperidine rings is 1. The number of hydrogen-bond acceptors (Lipinski definition) is 5. The molecule has 3 aromatic rings. The maximum absolute atomic E-state index is 15.2. The number of rotatable bonds is 8. The summed E-state index contributed by atoms with van der Waals surface area (Å²) in [7, 11) is 0. The van der Waals surface area contributed by atoms with Crippen LogP contribution in [-0.4, -0.2) is 41.2 Å². The van der Waals surface area contributed by atoms with Crippen molar-refractivity contribution in [3.05, 3.63) is 87.7 Å². The SMILES string of the molecule is C=C1CCN(Cc2ccccc2)[C@@H](COc2c(F)c(F)cc3c(=O)c(C(=O)OCC)cn(C4CC4)c23)C1. The average Bonchev–Trinajstić information content (AvgIpc) is 3.73. The molecule has 2 aliphatic rings. The Morgan fingerprint density at radius 3 is 2.65 bits per heavy atom. The summed E-state index contributed by atoms with van der Waals surface area (Å²) in [5, 5.41) is -0.0967. The topological polar surface area (TPSA) is 60.8 Å². The lowest BCUT2D eigenvalue weighted by atomic mass is 9.97. The molecule has 0 unspecified atom stereocenters. The van der Waals surface area contributed by atoms with Crippen LogP contribution >= 0.6 is 0 Å². The number of esters is 1. The number of carbonyl (C=O) groups is 1. The van der Waals surface area contributed by atoms with E-state index in [1.54, 1.807) is 11.5 Å². The van der Waals surface area contributed by atoms with Gasteiger partial charge in [0.2, 0.25) is 11.2 Å². The van der Waals surface area contributed by atoms with Gasteiger partial charge in [0.15, 0.2) is 11.6 Å². The predicted octanol–water partition coefficient (Wildman–Crippen LogP) is 5.39. The number of nitrogens with zero attached hydrogens (tertiary/aromatic N) is 2. The average molecular weight is 509 g/mol. The summed E-state index contributed by atoms with van der Waals surface area (Å²) in [6, 6.07) is 10.8. The van der Waals surface area contributed by atoms with Crippen LogP contribution in [0, 0.1) is 11.6 Å². The number of halogens is 2. The van der Waals surface area contributed by atoms with Crippen molar-refractivity contribution in [2.45, 2.75) is 51.2 Å². The first-order valence-electron chi connectivity index (χ1n) is 12.7. The third kappa shape index (κ3) is 5.16. The van der Waals surface area contributed by atoms with E-state index >= 15 is 4.39 Å². The molecule has 0 N–H and O–H groups in total. The van der Waals surface area contributed by atoms with Gasteiger partial charge in [-0.25, -0.2) is 9.18 Å². The number of benzene rings is 2. The second kappa shape index (κ2) is 10.5. The van der Waals surface area contributed by atoms with Crippen molar-refractivity contribution >= 4 is 16.9 Å². The molecule has 2 aromatic carbocycles. The van der Waals surface area contributed by atoms with Crippen molar-refractivity contribution in [1.29, 1.82) is 0 Å². The summed E-state index contributed by atoms with van der Waals surface area (Å²) >= 11 is 0. The monoisotopic (exact) mass is 508 g/mol. The molecule has 1 saturated carbocycles. The van der Waals surface area contributed by atoms with E-state index in [0.29, 0.717) is 13.0 Å². The molecule has 1 aromatic heterocycles. The lowest BCUT2D eigenvalue weighted by molar-refractivity contribution is 0.0524. The van der Waals surface area contributed by atoms with Gasteiger partial charge in [0.1, 0.15) is 12.2 Å². The summed E-state index contributed by atoms with van der Waals surface area (Å²) < 4.78 is 42.7. The Balaban J connectivity index is 1.52. The van der Waals surface area contributed by atoms with Crippen LogP contribution in [0.1, 0.15) is 54.6 Å². The number of carbonyl (C=O) groups excluding carboxylic acids is 1. The highest BCUT2D eigenvalue weighted by Gasteiger charge is 2.32. The Kier molecular flexibility index (Phi) is 7.11. The molecule has 2 heterocycles. The molecule has 1 atom stereocenters. The molecular weight excluding hydrogens is 478 g/mol. The first-order chi connectivity index (χ1) is 17.9. The molecule has 6 nitrogen and oxygen atoms in total. The van der Waals surface area contributed by atoms with Gasteiger partial charge in [0, 0.05) is 31.4 Å². The fraction of sp³-hybridized carbons (Fsp3) is 0.379. The van der Waals surface area contributed by atoms with Crippen LogP contribution in [0.5, 0.6) is 5.75 Å². The third-order valence-electron chi connectivity index (χ3n) is 7.04. The van der Waals surface area contributed by atoms with Gasteiger partial charge in [-0.1, -0.05) is 42.5 Å². The minimum Gasteiger partial charge on any atom is -0.487 e. The van der Waals surface area contributed by atoms with Crippen LogP contribution in [0.15, 0.2) is 59.5 Å². The highest BCUT2D eigenvalue weighted by atomic mass is 19.2. The molecule has 0 radical (unpaired) electrons. The summed E-state index contributed by atoms with van der Waals surface area (Å²) in [6.45, 7) is 7.45. The molecule has 194 valence electrons. The predicted molar refractivity (Wildman–Crippen MR) is 137 cm³/mol. The molecule has 0 amide bonds. The van der Waals surface area contributed by atoms with Gasteiger partial charge in [-0.2, -0.15) is 4.39 Å². The van der Waals surface area contributed by atoms with Crippen LogP contribution < -0.4 is 10.2 Å². The fourth-order valence-corrected chi connectivity index (χ4v) is 4.98. The standard InChI is InChI=1S/C29H30F2N2O4/c1-3-36-29(35)23-16-33(20-9-10-20)26-22(27(23)34)14-24(30)25(31)28(26)37-17-21-13-18(2)11-12-32(21)15-19-7-5-4-6-8-19/h4-8,14,16,20-21H,2-3,9-13,15,17H2,1H3/t21-/m1/s1. The Morgan fingerprint density at radius 1 is 1.19 bits per heavy atom. The van der Waals surface area contributed by atoms with E-state index in [4.69, 9.17) is 9.47 Å². The van der Waals surface area contributed by atoms with Crippen molar-refractivity contribution in [2.75, 3.05) is 19.8 Å². The summed E-state index contributed by atoms with van der Waals surface area (Å²) in [6.07, 6.45) is 4.52. The molecule has 37 heavy (non-hydrogen) atoms. The molecule has 1 aliphatic heterocycles. The molecule has 0 bridgehead atoms. The van der Waals surface area contributed by atoms with Crippen molar-refractivity contribution in [3.63, 3.8) is 0 Å². The first kappa shape index (κ1) is 25.1. The van der Waals surface area contributed by atoms with Crippen molar-refractivity contribution in [1.82, 2.24) is 9.47 Å². The van der Waals surface area contributed by atoms with Crippen LogP contribution in [0.4, 0.5) is 8.78 Å². The summed E-state index contributed by atoms with van der Waals surface area (Å²) in [5.41, 5.74) is 1.50. The van der Waals surface area contributed by atoms with Crippen LogP contribution in [0.25, 0.3) is 10.9 Å². The lowest BCUT2D eigenvalue weighted by Crippen LogP contribution is -2.43. The highest BCUT2D eigenvalue weighted by Crippen LogP contribution is 2.41. The Labute approximate surface area is 214 Å². The summed E-state index contributed by atoms with van der Waals surface area (Å²) in [5.74, 6) is -3.43. The number of likely N-dealkylation sites (tertiary alicyclic amines) is 1. The second-order valence-electron chi connectivity index (χ2n) is 9.75. The van der Waals surface area contributed by atoms with E-state index in [1.165, 1.54) is 6.20 Å². The fourth-order valence-electron chi connectivity index (χ4n) is 4.98. The zero-order valence-electron chi connectivity index (χ0n) is 20.8. The van der Waals surface area contributed by atoms with Crippen LogP contribution in [0.3, 0.4) is 0 Å². The van der Waals surface area contributed by atoms with Gasteiger partial charge < -0.3 is 14.0 Å². The lowest BCUT2D eigenvalue weighted by Gasteiger charge is -2.36. The van der Waals surface area contributed by atoms with E-state index in [9.17, 15) is 14.0 Å². The van der Waals surface area contributed by atoms with E-state index in [-0.39, 0.29) is 47.5 Å². The van der Waals surface area contributed by atoms with Crippen LogP contribution in [0.2, 0.25) is 0 Å². The number of ether oxygens (including phenoxy) is 2. The van der Waals surface area contributed by atoms with Gasteiger partial charge in [0.25, 0.3) is 0 Å². The third-order valence-corrected chi connectivity index (χ3v) is 7.04. The molecule has 8 heteroatoms. The molecule has 0 spiro atoms. The first-order valence-corrected chi connectivity index (χ1v) is 12.7. The zero-order valence-corrected chi connectivity index (χ0v) is 20.8. The van der Waals surface area contributed by atoms with Crippen molar-refractivity contribution < 1.29 is 23.0 Å². The van der Waals surface area contributed by atoms with E-state index in [1.807, 2.05) is 18.2 Å². The van der Waals surface area contributed by atoms with E-state index in [0.717, 1.165) is 43.0 Å². The number of pyridine rings is 1. The Hall–Kier alpha value is -3.52. The zero-order chi connectivity index (χ0) is 26.1. The normalized spacial score (nSPS) is 18.2. The minimum atomic E-state index is -1.20. The van der Waals surface area contributed by atoms with Crippen molar-refractivity contribution in [2.24, 2.45) is 0 Å². The van der Waals surface area contributed by atoms with Gasteiger partial charge in [-0.3, -0.25) is 9.69 Å². The number of fused-ring (bicyclic) bond motifs is 1. The van der Waals surface area contributed by atoms with Gasteiger partial charge in [-0.05, 0) is 44.2 Å². The van der Waals surface area contributed by atoms with E-state index in [2.05, 4.69) is 23.6 Å². The number of hydrogen-bond donors (Lipinski definition) is 0. The smallest absolute Gasteiger partial charge is 0.343 e. The highest BCUT2D eigenvalue weighted by molar-refractivity contribution is 5.95. The largest absolute Gasteiger partial charge is 0.487 e. The summed E-state index contributed by atoms with van der Waals surface area (Å²) in [4.78, 5) is 27.9. The van der Waals surface area contributed by atoms with Crippen LogP contribution in [-0.2, 0) is 11.3 Å². The van der Waals surface area contributed by atoms with Gasteiger partial charge in [0.05, 0.1) is 17.5 Å². The maximum Gasteiger partial charge on any atom is 0.343 e. The van der Waals surface area contributed by atoms with Crippen molar-refractivity contribution in [3.8, 4) is 5.75 Å². The maximum atomic E-state index is 15.2.